The summed E-state index contributed by atoms with van der Waals surface area (Å²) in [5.41, 5.74) is -1.32. The van der Waals surface area contributed by atoms with Gasteiger partial charge in [0.15, 0.2) is 11.5 Å². The van der Waals surface area contributed by atoms with Crippen LogP contribution >= 0.6 is 11.3 Å². The third kappa shape index (κ3) is 16.1. The van der Waals surface area contributed by atoms with Gasteiger partial charge in [0.05, 0.1) is 34.2 Å². The van der Waals surface area contributed by atoms with Crippen molar-refractivity contribution >= 4 is 73.5 Å². The maximum absolute atomic E-state index is 14.1. The Morgan fingerprint density at radius 3 is 1.88 bits per heavy atom. The van der Waals surface area contributed by atoms with Gasteiger partial charge in [0.1, 0.15) is 47.1 Å². The molecular formula is C59H63N3O13S. The van der Waals surface area contributed by atoms with Crippen LogP contribution in [0.1, 0.15) is 93.7 Å². The van der Waals surface area contributed by atoms with Gasteiger partial charge < -0.3 is 37.9 Å². The summed E-state index contributed by atoms with van der Waals surface area (Å²) >= 11 is 1.48. The molecule has 0 unspecified atom stereocenters. The molecule has 0 radical (unpaired) electrons. The lowest BCUT2D eigenvalue weighted by molar-refractivity contribution is -0.154. The minimum Gasteiger partial charge on any atom is -0.488 e. The summed E-state index contributed by atoms with van der Waals surface area (Å²) in [5, 5.41) is 9.07. The minimum atomic E-state index is -1.12. The van der Waals surface area contributed by atoms with Crippen molar-refractivity contribution in [1.82, 2.24) is 4.98 Å². The Morgan fingerprint density at radius 1 is 0.645 bits per heavy atom. The van der Waals surface area contributed by atoms with E-state index >= 15 is 0 Å². The number of thiazole rings is 1. The molecule has 1 aromatic heterocycles. The average molecular weight is 1050 g/mol. The number of carbonyl (C=O) groups is 5. The van der Waals surface area contributed by atoms with E-state index in [9.17, 15) is 24.0 Å². The maximum atomic E-state index is 14.1. The SMILES string of the molecule is C=CC(=O)OC(C)(C)COc1ccc(C(=O)Oc2ccc(CCOC(=O)c3ccc(OC(C)(C)CC(C)(C)OC(=O)C=C)cc3)cc2/C=N/N(C)c2nc3c(ccc4ccccc43)s2)cc1OCC(C)(C)OC(=O)C=C. The molecule has 1 heterocycles. The second-order valence-corrected chi connectivity index (χ2v) is 21.0. The van der Waals surface area contributed by atoms with Gasteiger partial charge >= 0.3 is 29.8 Å². The van der Waals surface area contributed by atoms with Crippen LogP contribution in [0.25, 0.3) is 21.0 Å². The molecule has 0 fully saturated rings. The number of benzene rings is 5. The highest BCUT2D eigenvalue weighted by Crippen LogP contribution is 2.35. The van der Waals surface area contributed by atoms with Crippen molar-refractivity contribution in [2.75, 3.05) is 31.9 Å². The van der Waals surface area contributed by atoms with E-state index in [1.165, 1.54) is 29.5 Å². The van der Waals surface area contributed by atoms with Crippen molar-refractivity contribution in [3.05, 3.63) is 157 Å². The van der Waals surface area contributed by atoms with Crippen molar-refractivity contribution in [3.63, 3.8) is 0 Å². The van der Waals surface area contributed by atoms with E-state index in [4.69, 9.17) is 48.0 Å². The van der Waals surface area contributed by atoms with Crippen molar-refractivity contribution in [2.45, 2.75) is 90.6 Å². The van der Waals surface area contributed by atoms with Crippen molar-refractivity contribution < 1.29 is 61.9 Å². The number of hydrogen-bond acceptors (Lipinski definition) is 17. The zero-order valence-electron chi connectivity index (χ0n) is 44.3. The number of hydrazone groups is 1. The third-order valence-corrected chi connectivity index (χ3v) is 12.2. The maximum Gasteiger partial charge on any atom is 0.343 e. The van der Waals surface area contributed by atoms with Crippen LogP contribution in [-0.2, 0) is 39.8 Å². The fourth-order valence-corrected chi connectivity index (χ4v) is 8.78. The molecule has 0 aliphatic heterocycles. The zero-order chi connectivity index (χ0) is 55.4. The highest BCUT2D eigenvalue weighted by Gasteiger charge is 2.33. The molecule has 0 bridgehead atoms. The molecule has 398 valence electrons. The first-order chi connectivity index (χ1) is 35.9. The number of anilines is 1. The lowest BCUT2D eigenvalue weighted by Crippen LogP contribution is -2.40. The molecule has 0 spiro atoms. The fraction of sp³-hybridized carbons (Fsp3) is 0.305. The molecule has 0 atom stereocenters. The molecule has 0 amide bonds. The van der Waals surface area contributed by atoms with Gasteiger partial charge in [-0.15, -0.1) is 0 Å². The van der Waals surface area contributed by atoms with Crippen molar-refractivity contribution in [2.24, 2.45) is 5.10 Å². The largest absolute Gasteiger partial charge is 0.488 e. The Kier molecular flexibility index (Phi) is 18.3. The van der Waals surface area contributed by atoms with Gasteiger partial charge in [0.25, 0.3) is 0 Å². The van der Waals surface area contributed by atoms with Gasteiger partial charge in [0.2, 0.25) is 5.13 Å². The number of nitrogens with zero attached hydrogens (tertiary/aromatic N) is 3. The number of rotatable bonds is 25. The van der Waals surface area contributed by atoms with Crippen LogP contribution in [0.2, 0.25) is 0 Å². The Hall–Kier alpha value is -8.31. The van der Waals surface area contributed by atoms with Crippen LogP contribution in [0.4, 0.5) is 5.13 Å². The van der Waals surface area contributed by atoms with Gasteiger partial charge in [0, 0.05) is 49.1 Å². The third-order valence-electron chi connectivity index (χ3n) is 11.1. The van der Waals surface area contributed by atoms with Crippen LogP contribution in [0.3, 0.4) is 0 Å². The normalized spacial score (nSPS) is 11.9. The Bertz CT molecular complexity index is 3170. The molecule has 5 aromatic carbocycles. The van der Waals surface area contributed by atoms with Crippen LogP contribution in [0.5, 0.6) is 23.0 Å². The molecule has 16 nitrogen and oxygen atoms in total. The number of ether oxygens (including phenoxy) is 8. The molecule has 76 heavy (non-hydrogen) atoms. The molecule has 6 aromatic rings. The summed E-state index contributed by atoms with van der Waals surface area (Å²) < 4.78 is 47.5. The Labute approximate surface area is 446 Å². The van der Waals surface area contributed by atoms with E-state index in [1.54, 1.807) is 102 Å². The highest BCUT2D eigenvalue weighted by molar-refractivity contribution is 7.22. The van der Waals surface area contributed by atoms with Gasteiger partial charge in [-0.05, 0) is 127 Å². The summed E-state index contributed by atoms with van der Waals surface area (Å²) in [4.78, 5) is 68.2. The summed E-state index contributed by atoms with van der Waals surface area (Å²) in [6, 6.07) is 28.3. The molecule has 17 heteroatoms. The summed E-state index contributed by atoms with van der Waals surface area (Å²) in [5.74, 6) is -2.12. The number of esters is 5. The van der Waals surface area contributed by atoms with Crippen LogP contribution in [-0.4, -0.2) is 90.3 Å². The predicted octanol–water partition coefficient (Wildman–Crippen LogP) is 11.4. The van der Waals surface area contributed by atoms with Gasteiger partial charge in [-0.3, -0.25) is 0 Å². The summed E-state index contributed by atoms with van der Waals surface area (Å²) in [6.07, 6.45) is 5.45. The second kappa shape index (κ2) is 24.4. The van der Waals surface area contributed by atoms with Gasteiger partial charge in [-0.1, -0.05) is 67.5 Å². The fourth-order valence-electron chi connectivity index (χ4n) is 7.88. The van der Waals surface area contributed by atoms with Crippen LogP contribution in [0, 0.1) is 0 Å². The standard InChI is InChI=1S/C59H63N3O13S/c1-13-49(63)73-57(6,7)35-56(4,5)72-43-25-21-40(22-26-43)53(66)68-31-30-38-20-27-45(42(32-38)34-60-62(12)55-61-52-44-19-17-16-18-39(44)24-29-48(52)76-55)71-54(67)41-23-28-46(69-36-58(8,9)74-50(64)14-2)47(33-41)70-37-59(10,11)75-51(65)15-3/h13-29,32-34H,1-3,30-31,35-37H2,4-12H3/b60-34+. The second-order valence-electron chi connectivity index (χ2n) is 20.0. The van der Waals surface area contributed by atoms with E-state index in [-0.39, 0.29) is 42.6 Å². The van der Waals surface area contributed by atoms with Gasteiger partial charge in [-0.2, -0.15) is 5.10 Å². The van der Waals surface area contributed by atoms with Gasteiger partial charge in [-0.25, -0.2) is 34.0 Å². The molecule has 6 rings (SSSR count). The lowest BCUT2D eigenvalue weighted by Gasteiger charge is -2.34. The first kappa shape index (κ1) is 57.0. The quantitative estimate of drug-likeness (QED) is 0.0131. The minimum absolute atomic E-state index is 0.0204. The summed E-state index contributed by atoms with van der Waals surface area (Å²) in [7, 11) is 1.77. The highest BCUT2D eigenvalue weighted by atomic mass is 32.1. The molecule has 0 aliphatic carbocycles. The molecule has 0 saturated carbocycles. The monoisotopic (exact) mass is 1050 g/mol. The van der Waals surface area contributed by atoms with E-state index in [0.717, 1.165) is 44.8 Å². The number of carbonyl (C=O) groups excluding carboxylic acids is 5. The molecular weight excluding hydrogens is 991 g/mol. The van der Waals surface area contributed by atoms with E-state index in [1.807, 2.05) is 44.2 Å². The summed E-state index contributed by atoms with van der Waals surface area (Å²) in [6.45, 7) is 24.1. The zero-order valence-corrected chi connectivity index (χ0v) is 45.1. The lowest BCUT2D eigenvalue weighted by atomic mass is 9.92. The van der Waals surface area contributed by atoms with Crippen molar-refractivity contribution in [1.29, 1.82) is 0 Å². The van der Waals surface area contributed by atoms with Crippen LogP contribution in [0.15, 0.2) is 140 Å². The van der Waals surface area contributed by atoms with Crippen molar-refractivity contribution in [3.8, 4) is 23.0 Å². The predicted molar refractivity (Wildman–Crippen MR) is 293 cm³/mol. The molecule has 0 N–H and O–H groups in total. The Balaban J connectivity index is 1.22. The smallest absolute Gasteiger partial charge is 0.343 e. The van der Waals surface area contributed by atoms with Crippen LogP contribution < -0.4 is 24.0 Å². The topological polar surface area (TPSA) is 188 Å². The number of fused-ring (bicyclic) bond motifs is 3. The first-order valence-electron chi connectivity index (χ1n) is 24.2. The number of aromatic nitrogens is 1. The molecule has 0 saturated heterocycles. The first-order valence-corrected chi connectivity index (χ1v) is 25.0. The van der Waals surface area contributed by atoms with E-state index < -0.39 is 52.3 Å². The number of hydrogen-bond donors (Lipinski definition) is 0. The Morgan fingerprint density at radius 2 is 1.24 bits per heavy atom. The van der Waals surface area contributed by atoms with E-state index in [2.05, 4.69) is 25.8 Å². The average Bonchev–Trinajstić information content (AvgIpc) is 3.82. The molecule has 0 aliphatic rings. The van der Waals surface area contributed by atoms with E-state index in [0.29, 0.717) is 34.8 Å².